The van der Waals surface area contributed by atoms with E-state index in [0.29, 0.717) is 23.7 Å². The van der Waals surface area contributed by atoms with Gasteiger partial charge in [-0.3, -0.25) is 4.79 Å². The Balaban J connectivity index is 1.60. The first kappa shape index (κ1) is 13.2. The molecule has 0 radical (unpaired) electrons. The number of fused-ring (bicyclic) bond motifs is 1. The van der Waals surface area contributed by atoms with E-state index in [9.17, 15) is 4.79 Å². The molecule has 1 aliphatic carbocycles. The second-order valence-electron chi connectivity index (χ2n) is 6.02. The molecule has 0 bridgehead atoms. The molecule has 1 aromatic carbocycles. The molecule has 2 N–H and O–H groups in total. The van der Waals surface area contributed by atoms with Crippen LogP contribution in [0.3, 0.4) is 0 Å². The number of carboxylic acid groups (broad SMARTS) is 1. The van der Waals surface area contributed by atoms with Crippen LogP contribution < -0.4 is 14.8 Å². The van der Waals surface area contributed by atoms with Gasteiger partial charge in [-0.1, -0.05) is 11.6 Å². The number of benzene rings is 1. The van der Waals surface area contributed by atoms with Crippen LogP contribution in [0.1, 0.15) is 37.3 Å². The molecule has 21 heavy (non-hydrogen) atoms. The zero-order valence-corrected chi connectivity index (χ0v) is 12.2. The minimum atomic E-state index is -0.768. The first-order chi connectivity index (χ1) is 10.1. The van der Waals surface area contributed by atoms with Gasteiger partial charge in [-0.05, 0) is 24.5 Å². The maximum atomic E-state index is 11.1. The summed E-state index contributed by atoms with van der Waals surface area (Å²) in [5, 5.41) is 12.9. The van der Waals surface area contributed by atoms with Crippen molar-refractivity contribution in [3.63, 3.8) is 0 Å². The summed E-state index contributed by atoms with van der Waals surface area (Å²) in [5.41, 5.74) is 0.888. The molecule has 6 heteroatoms. The zero-order valence-electron chi connectivity index (χ0n) is 11.4. The molecule has 2 aliphatic heterocycles. The van der Waals surface area contributed by atoms with Gasteiger partial charge in [0, 0.05) is 36.5 Å². The standard InChI is InChI=1S/C15H16ClNO4/c16-10-6-13-12(20-15(21-13)2-1-3-15)5-9(10)11-4-8(7-17-11)14(18)19/h5-6,8,11,17H,1-4,7H2,(H,18,19). The number of carbonyl (C=O) groups is 1. The van der Waals surface area contributed by atoms with E-state index in [1.807, 2.05) is 6.07 Å². The van der Waals surface area contributed by atoms with E-state index in [4.69, 9.17) is 26.2 Å². The fourth-order valence-corrected chi connectivity index (χ4v) is 3.51. The van der Waals surface area contributed by atoms with E-state index < -0.39 is 11.8 Å². The molecule has 0 aromatic heterocycles. The highest BCUT2D eigenvalue weighted by atomic mass is 35.5. The van der Waals surface area contributed by atoms with Crippen molar-refractivity contribution in [1.29, 1.82) is 0 Å². The normalized spacial score (nSPS) is 28.6. The van der Waals surface area contributed by atoms with Gasteiger partial charge in [0.05, 0.1) is 5.92 Å². The highest BCUT2D eigenvalue weighted by Crippen LogP contribution is 2.50. The van der Waals surface area contributed by atoms with E-state index >= 15 is 0 Å². The fourth-order valence-electron chi connectivity index (χ4n) is 3.23. The molecular weight excluding hydrogens is 294 g/mol. The first-order valence-electron chi connectivity index (χ1n) is 7.24. The molecule has 2 unspecified atom stereocenters. The van der Waals surface area contributed by atoms with Gasteiger partial charge in [-0.25, -0.2) is 0 Å². The van der Waals surface area contributed by atoms with Crippen LogP contribution in [0.4, 0.5) is 0 Å². The molecule has 4 rings (SSSR count). The quantitative estimate of drug-likeness (QED) is 0.879. The van der Waals surface area contributed by atoms with E-state index in [0.717, 1.165) is 30.6 Å². The lowest BCUT2D eigenvalue weighted by atomic mass is 9.91. The summed E-state index contributed by atoms with van der Waals surface area (Å²) < 4.78 is 11.8. The maximum Gasteiger partial charge on any atom is 0.307 e. The molecule has 1 saturated carbocycles. The lowest BCUT2D eigenvalue weighted by Gasteiger charge is -2.35. The third kappa shape index (κ3) is 2.07. The highest BCUT2D eigenvalue weighted by Gasteiger charge is 2.47. The highest BCUT2D eigenvalue weighted by molar-refractivity contribution is 6.31. The Hall–Kier alpha value is -1.46. The summed E-state index contributed by atoms with van der Waals surface area (Å²) in [6.07, 6.45) is 3.45. The Bertz CT molecular complexity index is 614. The Morgan fingerprint density at radius 1 is 1.33 bits per heavy atom. The molecule has 2 fully saturated rings. The van der Waals surface area contributed by atoms with E-state index in [1.165, 1.54) is 0 Å². The minimum Gasteiger partial charge on any atom is -0.481 e. The van der Waals surface area contributed by atoms with Gasteiger partial charge >= 0.3 is 5.97 Å². The van der Waals surface area contributed by atoms with Gasteiger partial charge in [0.15, 0.2) is 11.5 Å². The third-order valence-corrected chi connectivity index (χ3v) is 4.95. The number of rotatable bonds is 2. The van der Waals surface area contributed by atoms with Crippen molar-refractivity contribution in [2.75, 3.05) is 6.54 Å². The van der Waals surface area contributed by atoms with Crippen LogP contribution in [0.15, 0.2) is 12.1 Å². The molecule has 1 aromatic rings. The van der Waals surface area contributed by atoms with Crippen molar-refractivity contribution in [3.05, 3.63) is 22.7 Å². The summed E-state index contributed by atoms with van der Waals surface area (Å²) in [7, 11) is 0. The van der Waals surface area contributed by atoms with Crippen LogP contribution in [-0.4, -0.2) is 23.4 Å². The van der Waals surface area contributed by atoms with Crippen molar-refractivity contribution < 1.29 is 19.4 Å². The number of hydrogen-bond acceptors (Lipinski definition) is 4. The van der Waals surface area contributed by atoms with Gasteiger partial charge in [0.2, 0.25) is 0 Å². The molecule has 5 nitrogen and oxygen atoms in total. The van der Waals surface area contributed by atoms with Crippen molar-refractivity contribution in [2.24, 2.45) is 5.92 Å². The molecular formula is C15H16ClNO4. The van der Waals surface area contributed by atoms with E-state index in [-0.39, 0.29) is 12.0 Å². The monoisotopic (exact) mass is 309 g/mol. The Labute approximate surface area is 127 Å². The number of ether oxygens (including phenoxy) is 2. The summed E-state index contributed by atoms with van der Waals surface area (Å²) in [4.78, 5) is 11.1. The van der Waals surface area contributed by atoms with Crippen molar-refractivity contribution in [1.82, 2.24) is 5.32 Å². The predicted octanol–water partition coefficient (Wildman–Crippen LogP) is 2.73. The SMILES string of the molecule is O=C(O)C1CNC(c2cc3c(cc2Cl)OC2(CCC2)O3)C1. The van der Waals surface area contributed by atoms with Crippen LogP contribution in [0, 0.1) is 5.92 Å². The summed E-state index contributed by atoms with van der Waals surface area (Å²) >= 11 is 6.35. The van der Waals surface area contributed by atoms with Gasteiger partial charge in [-0.15, -0.1) is 0 Å². The van der Waals surface area contributed by atoms with Crippen molar-refractivity contribution in [2.45, 2.75) is 37.5 Å². The van der Waals surface area contributed by atoms with Crippen LogP contribution in [-0.2, 0) is 4.79 Å². The molecule has 112 valence electrons. The first-order valence-corrected chi connectivity index (χ1v) is 7.62. The van der Waals surface area contributed by atoms with Crippen molar-refractivity contribution in [3.8, 4) is 11.5 Å². The topological polar surface area (TPSA) is 67.8 Å². The van der Waals surface area contributed by atoms with E-state index in [2.05, 4.69) is 5.32 Å². The summed E-state index contributed by atoms with van der Waals surface area (Å²) in [6, 6.07) is 3.63. The fraction of sp³-hybridized carbons (Fsp3) is 0.533. The largest absolute Gasteiger partial charge is 0.481 e. The molecule has 2 atom stereocenters. The molecule has 2 heterocycles. The molecule has 0 amide bonds. The lowest BCUT2D eigenvalue weighted by Crippen LogP contribution is -2.45. The number of nitrogens with one attached hydrogen (secondary N) is 1. The summed E-state index contributed by atoms with van der Waals surface area (Å²) in [6.45, 7) is 0.467. The third-order valence-electron chi connectivity index (χ3n) is 4.63. The Morgan fingerprint density at radius 3 is 2.62 bits per heavy atom. The number of hydrogen-bond donors (Lipinski definition) is 2. The summed E-state index contributed by atoms with van der Waals surface area (Å²) in [5.74, 6) is -0.201. The van der Waals surface area contributed by atoms with Gasteiger partial charge < -0.3 is 19.9 Å². The number of carboxylic acids is 1. The second kappa shape index (κ2) is 4.52. The predicted molar refractivity (Wildman–Crippen MR) is 75.8 cm³/mol. The minimum absolute atomic E-state index is 0.0505. The molecule has 1 spiro atoms. The lowest BCUT2D eigenvalue weighted by molar-refractivity contribution is -0.141. The Kier molecular flexibility index (Phi) is 2.84. The smallest absolute Gasteiger partial charge is 0.307 e. The molecule has 3 aliphatic rings. The number of halogens is 1. The Morgan fingerprint density at radius 2 is 2.05 bits per heavy atom. The van der Waals surface area contributed by atoms with Crippen LogP contribution in [0.2, 0.25) is 5.02 Å². The number of aliphatic carboxylic acids is 1. The molecule has 1 saturated heterocycles. The second-order valence-corrected chi connectivity index (χ2v) is 6.43. The average Bonchev–Trinajstić information content (AvgIpc) is 3.00. The van der Waals surface area contributed by atoms with Crippen LogP contribution in [0.25, 0.3) is 0 Å². The van der Waals surface area contributed by atoms with Gasteiger partial charge in [0.25, 0.3) is 5.79 Å². The van der Waals surface area contributed by atoms with Gasteiger partial charge in [-0.2, -0.15) is 0 Å². The average molecular weight is 310 g/mol. The maximum absolute atomic E-state index is 11.1. The van der Waals surface area contributed by atoms with Crippen LogP contribution >= 0.6 is 11.6 Å². The van der Waals surface area contributed by atoms with E-state index in [1.54, 1.807) is 6.07 Å². The zero-order chi connectivity index (χ0) is 14.6. The van der Waals surface area contributed by atoms with Gasteiger partial charge in [0.1, 0.15) is 0 Å². The van der Waals surface area contributed by atoms with Crippen LogP contribution in [0.5, 0.6) is 11.5 Å². The van der Waals surface area contributed by atoms with Crippen molar-refractivity contribution >= 4 is 17.6 Å².